The molecule has 0 radical (unpaired) electrons. The summed E-state index contributed by atoms with van der Waals surface area (Å²) in [6, 6.07) is 19.1. The molecule has 3 rings (SSSR count). The number of benzene rings is 2. The molecule has 2 atom stereocenters. The minimum Gasteiger partial charge on any atom is -0.376 e. The molecule has 1 saturated carbocycles. The van der Waals surface area contributed by atoms with E-state index in [9.17, 15) is 0 Å². The first kappa shape index (κ1) is 20.7. The largest absolute Gasteiger partial charge is 0.376 e. The highest BCUT2D eigenvalue weighted by Crippen LogP contribution is 2.42. The zero-order valence-corrected chi connectivity index (χ0v) is 16.2. The van der Waals surface area contributed by atoms with Gasteiger partial charge in [-0.2, -0.15) is 0 Å². The van der Waals surface area contributed by atoms with Crippen LogP contribution in [-0.4, -0.2) is 25.3 Å². The van der Waals surface area contributed by atoms with Crippen LogP contribution in [0.15, 0.2) is 70.9 Å². The molecule has 0 aromatic heterocycles. The van der Waals surface area contributed by atoms with Crippen molar-refractivity contribution in [3.8, 4) is 0 Å². The van der Waals surface area contributed by atoms with Crippen molar-refractivity contribution in [3.63, 3.8) is 0 Å². The van der Waals surface area contributed by atoms with Gasteiger partial charge in [0.25, 0.3) is 0 Å². The molecular weight excluding hydrogens is 368 g/mol. The molecule has 0 bridgehead atoms. The highest BCUT2D eigenvalue weighted by Gasteiger charge is 2.45. The van der Waals surface area contributed by atoms with Gasteiger partial charge in [-0.05, 0) is 35.0 Å². The van der Waals surface area contributed by atoms with E-state index in [4.69, 9.17) is 20.5 Å². The Morgan fingerprint density at radius 3 is 1.55 bits per heavy atom. The highest BCUT2D eigenvalue weighted by molar-refractivity contribution is 5.14. The Labute approximate surface area is 169 Å². The third-order valence-electron chi connectivity index (χ3n) is 5.17. The van der Waals surface area contributed by atoms with E-state index in [1.807, 2.05) is 60.7 Å². The molecule has 1 aliphatic rings. The van der Waals surface area contributed by atoms with E-state index in [2.05, 4.69) is 20.1 Å². The van der Waals surface area contributed by atoms with Gasteiger partial charge in [-0.15, -0.1) is 0 Å². The Balaban J connectivity index is 1.67. The van der Waals surface area contributed by atoms with Crippen molar-refractivity contribution in [3.05, 3.63) is 92.7 Å². The second-order valence-electron chi connectivity index (χ2n) is 7.41. The quantitative estimate of drug-likeness (QED) is 0.299. The summed E-state index contributed by atoms with van der Waals surface area (Å²) >= 11 is 0. The summed E-state index contributed by atoms with van der Waals surface area (Å²) in [5.41, 5.74) is 19.6. The summed E-state index contributed by atoms with van der Waals surface area (Å²) in [6.45, 7) is 1.84. The molecule has 0 aliphatic heterocycles. The number of hydrogen-bond acceptors (Lipinski definition) is 4. The number of hydrogen-bond donors (Lipinski definition) is 0. The number of azide groups is 2. The van der Waals surface area contributed by atoms with E-state index in [1.165, 1.54) is 0 Å². The van der Waals surface area contributed by atoms with Crippen LogP contribution in [0.5, 0.6) is 0 Å². The molecule has 1 fully saturated rings. The first-order valence-corrected chi connectivity index (χ1v) is 9.56. The van der Waals surface area contributed by atoms with Crippen LogP contribution in [-0.2, 0) is 22.7 Å². The molecule has 2 aromatic carbocycles. The van der Waals surface area contributed by atoms with Crippen molar-refractivity contribution in [1.29, 1.82) is 0 Å². The van der Waals surface area contributed by atoms with Crippen LogP contribution < -0.4 is 0 Å². The smallest absolute Gasteiger partial charge is 0.0717 e. The average Bonchev–Trinajstić information content (AvgIpc) is 3.07. The van der Waals surface area contributed by atoms with Gasteiger partial charge in [0.2, 0.25) is 0 Å². The number of ether oxygens (including phenoxy) is 2. The van der Waals surface area contributed by atoms with Crippen molar-refractivity contribution in [2.24, 2.45) is 15.6 Å². The normalized spacial score (nSPS) is 19.9. The van der Waals surface area contributed by atoms with Gasteiger partial charge >= 0.3 is 0 Å². The van der Waals surface area contributed by atoms with Gasteiger partial charge in [-0.1, -0.05) is 70.9 Å². The van der Waals surface area contributed by atoms with Gasteiger partial charge in [0.05, 0.1) is 26.4 Å². The first-order chi connectivity index (χ1) is 14.2. The summed E-state index contributed by atoms with van der Waals surface area (Å²) in [5, 5.41) is 7.71. The maximum atomic E-state index is 8.89. The maximum absolute atomic E-state index is 8.89. The molecule has 0 amide bonds. The minimum absolute atomic E-state index is 0.374. The Bertz CT molecular complexity index is 790. The molecule has 0 N–H and O–H groups in total. The Kier molecular flexibility index (Phi) is 7.50. The molecule has 0 unspecified atom stereocenters. The summed E-state index contributed by atoms with van der Waals surface area (Å²) in [7, 11) is 0. The molecule has 0 heterocycles. The van der Waals surface area contributed by atoms with Crippen molar-refractivity contribution in [2.45, 2.75) is 38.1 Å². The van der Waals surface area contributed by atoms with Gasteiger partial charge in [-0.3, -0.25) is 0 Å². The van der Waals surface area contributed by atoms with Crippen LogP contribution >= 0.6 is 0 Å². The Morgan fingerprint density at radius 2 is 1.17 bits per heavy atom. The second-order valence-corrected chi connectivity index (χ2v) is 7.41. The van der Waals surface area contributed by atoms with E-state index in [0.717, 1.165) is 11.1 Å². The fourth-order valence-corrected chi connectivity index (χ4v) is 3.81. The van der Waals surface area contributed by atoms with Crippen LogP contribution in [0.1, 0.15) is 24.0 Å². The van der Waals surface area contributed by atoms with E-state index in [-0.39, 0.29) is 5.41 Å². The third kappa shape index (κ3) is 5.98. The lowest BCUT2D eigenvalue weighted by Gasteiger charge is -2.29. The lowest BCUT2D eigenvalue weighted by Crippen LogP contribution is -2.30. The second kappa shape index (κ2) is 10.5. The lowest BCUT2D eigenvalue weighted by molar-refractivity contribution is -0.0308. The van der Waals surface area contributed by atoms with Crippen molar-refractivity contribution in [2.75, 3.05) is 13.2 Å². The van der Waals surface area contributed by atoms with Crippen molar-refractivity contribution < 1.29 is 9.47 Å². The molecular formula is C21H24N6O2. The minimum atomic E-state index is -0.392. The Hall–Kier alpha value is -3.02. The van der Waals surface area contributed by atoms with Crippen LogP contribution in [0.3, 0.4) is 0 Å². The summed E-state index contributed by atoms with van der Waals surface area (Å²) in [6.07, 6.45) is 1.12. The molecule has 8 nitrogen and oxygen atoms in total. The van der Waals surface area contributed by atoms with E-state index >= 15 is 0 Å². The maximum Gasteiger partial charge on any atom is 0.0717 e. The van der Waals surface area contributed by atoms with Crippen LogP contribution in [0, 0.1) is 5.41 Å². The van der Waals surface area contributed by atoms with E-state index < -0.39 is 12.1 Å². The van der Waals surface area contributed by atoms with Gasteiger partial charge in [0.15, 0.2) is 0 Å². The first-order valence-electron chi connectivity index (χ1n) is 9.56. The number of nitrogens with zero attached hydrogens (tertiary/aromatic N) is 6. The van der Waals surface area contributed by atoms with E-state index in [1.54, 1.807) is 0 Å². The molecule has 29 heavy (non-hydrogen) atoms. The molecule has 1 aliphatic carbocycles. The number of rotatable bonds is 10. The van der Waals surface area contributed by atoms with Gasteiger partial charge in [0, 0.05) is 27.3 Å². The van der Waals surface area contributed by atoms with Crippen molar-refractivity contribution in [1.82, 2.24) is 0 Å². The summed E-state index contributed by atoms with van der Waals surface area (Å²) in [5.74, 6) is 0. The van der Waals surface area contributed by atoms with Crippen LogP contribution in [0.2, 0.25) is 0 Å². The fraction of sp³-hybridized carbons (Fsp3) is 0.429. The van der Waals surface area contributed by atoms with Gasteiger partial charge in [0.1, 0.15) is 0 Å². The summed E-state index contributed by atoms with van der Waals surface area (Å²) < 4.78 is 12.0. The predicted molar refractivity (Wildman–Crippen MR) is 110 cm³/mol. The predicted octanol–water partition coefficient (Wildman–Crippen LogP) is 5.56. The van der Waals surface area contributed by atoms with Gasteiger partial charge in [-0.25, -0.2) is 0 Å². The molecule has 2 aromatic rings. The topological polar surface area (TPSA) is 116 Å². The zero-order chi connectivity index (χ0) is 20.4. The SMILES string of the molecule is [N-]=[N+]=N[C@@H]1CC(COCc2ccccc2)(COCc2ccccc2)C[C@H]1N=[N+]=[N-]. The van der Waals surface area contributed by atoms with E-state index in [0.29, 0.717) is 39.3 Å². The monoisotopic (exact) mass is 392 g/mol. The zero-order valence-electron chi connectivity index (χ0n) is 16.2. The van der Waals surface area contributed by atoms with Crippen LogP contribution in [0.4, 0.5) is 0 Å². The molecule has 0 spiro atoms. The Morgan fingerprint density at radius 1 is 0.759 bits per heavy atom. The summed E-state index contributed by atoms with van der Waals surface area (Å²) in [4.78, 5) is 5.86. The standard InChI is InChI=1S/C21H24N6O2/c22-26-24-19-11-21(12-20(19)25-27-23,15-28-13-17-7-3-1-4-8-17)16-29-14-18-9-5-2-6-10-18/h1-10,19-20H,11-16H2/t19-,20-/m1/s1. The lowest BCUT2D eigenvalue weighted by atomic mass is 9.87. The third-order valence-corrected chi connectivity index (χ3v) is 5.17. The van der Waals surface area contributed by atoms with Crippen molar-refractivity contribution >= 4 is 0 Å². The molecule has 150 valence electrons. The fourth-order valence-electron chi connectivity index (χ4n) is 3.81. The van der Waals surface area contributed by atoms with Crippen LogP contribution in [0.25, 0.3) is 20.9 Å². The average molecular weight is 392 g/mol. The molecule has 8 heteroatoms. The highest BCUT2D eigenvalue weighted by atomic mass is 16.5. The van der Waals surface area contributed by atoms with Gasteiger partial charge < -0.3 is 9.47 Å². The molecule has 0 saturated heterocycles.